The standard InChI is InChI=1S/C15H20O5S/c1-19-15(16)11-6-8-12(9-7-11)20-13-4-3-5-14(10-13)21(2,17)18/h6-9,13-14H,3-5,10H2,1-2H3. The van der Waals surface area contributed by atoms with Crippen molar-refractivity contribution < 1.29 is 22.7 Å². The molecule has 5 nitrogen and oxygen atoms in total. The van der Waals surface area contributed by atoms with Gasteiger partial charge in [0.25, 0.3) is 0 Å². The van der Waals surface area contributed by atoms with Gasteiger partial charge >= 0.3 is 5.97 Å². The number of carbonyl (C=O) groups excluding carboxylic acids is 1. The molecule has 0 bridgehead atoms. The topological polar surface area (TPSA) is 69.7 Å². The van der Waals surface area contributed by atoms with E-state index >= 15 is 0 Å². The summed E-state index contributed by atoms with van der Waals surface area (Å²) < 4.78 is 33.7. The lowest BCUT2D eigenvalue weighted by Crippen LogP contribution is -2.33. The zero-order chi connectivity index (χ0) is 15.5. The Morgan fingerprint density at radius 2 is 1.86 bits per heavy atom. The molecule has 0 aromatic heterocycles. The molecule has 2 atom stereocenters. The average molecular weight is 312 g/mol. The Hall–Kier alpha value is -1.56. The number of esters is 1. The fraction of sp³-hybridized carbons (Fsp3) is 0.533. The van der Waals surface area contributed by atoms with Gasteiger partial charge in [0.15, 0.2) is 0 Å². The van der Waals surface area contributed by atoms with E-state index in [0.717, 1.165) is 12.8 Å². The lowest BCUT2D eigenvalue weighted by Gasteiger charge is -2.28. The van der Waals surface area contributed by atoms with Crippen LogP contribution in [0, 0.1) is 0 Å². The molecule has 6 heteroatoms. The number of rotatable bonds is 4. The number of ether oxygens (including phenoxy) is 2. The number of carbonyl (C=O) groups is 1. The summed E-state index contributed by atoms with van der Waals surface area (Å²) in [5.41, 5.74) is 0.461. The molecule has 0 spiro atoms. The molecule has 0 amide bonds. The van der Waals surface area contributed by atoms with Gasteiger partial charge in [0.05, 0.1) is 24.0 Å². The summed E-state index contributed by atoms with van der Waals surface area (Å²) in [5, 5.41) is -0.314. The van der Waals surface area contributed by atoms with Gasteiger partial charge in [0.2, 0.25) is 0 Å². The summed E-state index contributed by atoms with van der Waals surface area (Å²) in [5.74, 6) is 0.248. The van der Waals surface area contributed by atoms with Crippen LogP contribution in [0.3, 0.4) is 0 Å². The van der Waals surface area contributed by atoms with Crippen LogP contribution in [0.15, 0.2) is 24.3 Å². The fourth-order valence-corrected chi connectivity index (χ4v) is 3.74. The lowest BCUT2D eigenvalue weighted by molar-refractivity contribution is 0.0600. The Balaban J connectivity index is 2.00. The molecule has 0 heterocycles. The van der Waals surface area contributed by atoms with Crippen molar-refractivity contribution in [3.05, 3.63) is 29.8 Å². The minimum absolute atomic E-state index is 0.0950. The summed E-state index contributed by atoms with van der Waals surface area (Å²) in [6.07, 6.45) is 4.12. The van der Waals surface area contributed by atoms with Crippen LogP contribution >= 0.6 is 0 Å². The molecule has 0 radical (unpaired) electrons. The van der Waals surface area contributed by atoms with Gasteiger partial charge in [-0.1, -0.05) is 0 Å². The normalized spacial score (nSPS) is 22.6. The molecule has 0 aliphatic heterocycles. The molecule has 1 saturated carbocycles. The highest BCUT2D eigenvalue weighted by molar-refractivity contribution is 7.91. The first-order chi connectivity index (χ1) is 9.90. The second-order valence-corrected chi connectivity index (χ2v) is 7.70. The smallest absolute Gasteiger partial charge is 0.337 e. The summed E-state index contributed by atoms with van der Waals surface area (Å²) >= 11 is 0. The van der Waals surface area contributed by atoms with E-state index in [4.69, 9.17) is 4.74 Å². The Morgan fingerprint density at radius 1 is 1.19 bits per heavy atom. The van der Waals surface area contributed by atoms with Crippen molar-refractivity contribution in [2.45, 2.75) is 37.0 Å². The highest BCUT2D eigenvalue weighted by atomic mass is 32.2. The van der Waals surface area contributed by atoms with Gasteiger partial charge < -0.3 is 9.47 Å². The predicted molar refractivity (Wildman–Crippen MR) is 79.3 cm³/mol. The number of hydrogen-bond acceptors (Lipinski definition) is 5. The maximum Gasteiger partial charge on any atom is 0.337 e. The number of hydrogen-bond donors (Lipinski definition) is 0. The lowest BCUT2D eigenvalue weighted by atomic mass is 9.97. The van der Waals surface area contributed by atoms with E-state index in [1.165, 1.54) is 13.4 Å². The second-order valence-electron chi connectivity index (χ2n) is 5.37. The Morgan fingerprint density at radius 3 is 2.43 bits per heavy atom. The fourth-order valence-electron chi connectivity index (χ4n) is 2.58. The Labute approximate surface area is 125 Å². The minimum atomic E-state index is -3.01. The molecule has 1 aromatic carbocycles. The third kappa shape index (κ3) is 4.20. The van der Waals surface area contributed by atoms with Crippen LogP contribution in [0.5, 0.6) is 5.75 Å². The van der Waals surface area contributed by atoms with Crippen LogP contribution in [0.1, 0.15) is 36.0 Å². The number of methoxy groups -OCH3 is 1. The molecule has 2 rings (SSSR count). The molecule has 0 saturated heterocycles. The van der Waals surface area contributed by atoms with Gasteiger partial charge in [-0.15, -0.1) is 0 Å². The van der Waals surface area contributed by atoms with Crippen molar-refractivity contribution in [1.82, 2.24) is 0 Å². The van der Waals surface area contributed by atoms with E-state index in [1.807, 2.05) is 0 Å². The van der Waals surface area contributed by atoms with E-state index in [2.05, 4.69) is 4.74 Å². The predicted octanol–water partition coefficient (Wildman–Crippen LogP) is 2.21. The van der Waals surface area contributed by atoms with Gasteiger partial charge in [0.1, 0.15) is 15.6 Å². The van der Waals surface area contributed by atoms with Crippen molar-refractivity contribution in [3.63, 3.8) is 0 Å². The van der Waals surface area contributed by atoms with E-state index < -0.39 is 15.8 Å². The summed E-state index contributed by atoms with van der Waals surface area (Å²) in [6.45, 7) is 0. The molecule has 21 heavy (non-hydrogen) atoms. The Kier molecular flexibility index (Phi) is 4.88. The van der Waals surface area contributed by atoms with Crippen LogP contribution < -0.4 is 4.74 Å². The maximum absolute atomic E-state index is 11.6. The highest BCUT2D eigenvalue weighted by Crippen LogP contribution is 2.27. The first-order valence-electron chi connectivity index (χ1n) is 6.94. The van der Waals surface area contributed by atoms with Gasteiger partial charge in [-0.25, -0.2) is 13.2 Å². The van der Waals surface area contributed by atoms with Crippen molar-refractivity contribution >= 4 is 15.8 Å². The molecular weight excluding hydrogens is 292 g/mol. The largest absolute Gasteiger partial charge is 0.490 e. The van der Waals surface area contributed by atoms with Crippen molar-refractivity contribution in [2.24, 2.45) is 0 Å². The molecule has 0 N–H and O–H groups in total. The van der Waals surface area contributed by atoms with Crippen LogP contribution in [0.2, 0.25) is 0 Å². The highest BCUT2D eigenvalue weighted by Gasteiger charge is 2.29. The molecule has 1 aromatic rings. The third-order valence-electron chi connectivity index (χ3n) is 3.76. The van der Waals surface area contributed by atoms with E-state index in [1.54, 1.807) is 24.3 Å². The molecular formula is C15H20O5S. The van der Waals surface area contributed by atoms with E-state index in [0.29, 0.717) is 24.2 Å². The van der Waals surface area contributed by atoms with Gasteiger partial charge in [-0.05, 0) is 43.5 Å². The quantitative estimate of drug-likeness (QED) is 0.797. The van der Waals surface area contributed by atoms with E-state index in [9.17, 15) is 13.2 Å². The van der Waals surface area contributed by atoms with Crippen LogP contribution in [0.4, 0.5) is 0 Å². The van der Waals surface area contributed by atoms with Crippen LogP contribution in [-0.4, -0.2) is 39.1 Å². The Bertz CT molecular complexity index is 591. The number of sulfone groups is 1. The second kappa shape index (κ2) is 6.47. The van der Waals surface area contributed by atoms with Gasteiger partial charge in [-0.3, -0.25) is 0 Å². The third-order valence-corrected chi connectivity index (χ3v) is 5.40. The summed E-state index contributed by atoms with van der Waals surface area (Å²) in [7, 11) is -1.68. The molecule has 2 unspecified atom stereocenters. The van der Waals surface area contributed by atoms with Crippen molar-refractivity contribution in [2.75, 3.05) is 13.4 Å². The average Bonchev–Trinajstić information content (AvgIpc) is 2.47. The summed E-state index contributed by atoms with van der Waals surface area (Å²) in [6, 6.07) is 6.68. The zero-order valence-corrected chi connectivity index (χ0v) is 13.1. The first-order valence-corrected chi connectivity index (χ1v) is 8.89. The SMILES string of the molecule is COC(=O)c1ccc(OC2CCCC(S(C)(=O)=O)C2)cc1. The van der Waals surface area contributed by atoms with Gasteiger partial charge in [0, 0.05) is 12.7 Å². The molecule has 1 aliphatic carbocycles. The molecule has 1 aliphatic rings. The van der Waals surface area contributed by atoms with Crippen LogP contribution in [0.25, 0.3) is 0 Å². The van der Waals surface area contributed by atoms with Crippen molar-refractivity contribution in [3.8, 4) is 5.75 Å². The molecule has 1 fully saturated rings. The summed E-state index contributed by atoms with van der Waals surface area (Å²) in [4.78, 5) is 11.3. The monoisotopic (exact) mass is 312 g/mol. The minimum Gasteiger partial charge on any atom is -0.490 e. The molecule has 116 valence electrons. The zero-order valence-electron chi connectivity index (χ0n) is 12.2. The van der Waals surface area contributed by atoms with Crippen molar-refractivity contribution in [1.29, 1.82) is 0 Å². The van der Waals surface area contributed by atoms with E-state index in [-0.39, 0.29) is 11.4 Å². The first kappa shape index (κ1) is 15.8. The maximum atomic E-state index is 11.6. The van der Waals surface area contributed by atoms with Gasteiger partial charge in [-0.2, -0.15) is 0 Å². The van der Waals surface area contributed by atoms with Crippen LogP contribution in [-0.2, 0) is 14.6 Å². The number of benzene rings is 1.